The molecule has 15 nitrogen and oxygen atoms in total. The molecule has 4 heterocycles. The van der Waals surface area contributed by atoms with Crippen LogP contribution in [0.1, 0.15) is 131 Å². The van der Waals surface area contributed by atoms with Crippen LogP contribution in [0.15, 0.2) is 146 Å². The Balaban J connectivity index is 0.000000185. The largest absolute Gasteiger partial charge is 0.321 e. The SMILES string of the molecule is CC(C)(C)[C@@H](N)c1nc(-c2cc(F)ccc2F)nn1Cc1ccccc1.CC(C)(C)[C@@H](NCC[C@@H](CF)N1C(=O)c2ccccc2C1=O)c1nc(-c2cc(F)ccc2F)nn1Cc1ccccc1.O=CC[C@@H](CF)N1C(=O)c2ccccc2C1=O. The van der Waals surface area contributed by atoms with Gasteiger partial charge in [-0.1, -0.05) is 126 Å². The van der Waals surface area contributed by atoms with Crippen LogP contribution in [0.3, 0.4) is 0 Å². The minimum atomic E-state index is -1.00. The van der Waals surface area contributed by atoms with E-state index in [2.05, 4.69) is 25.5 Å². The topological polar surface area (TPSA) is 191 Å². The van der Waals surface area contributed by atoms with E-state index in [4.69, 9.17) is 5.73 Å². The summed E-state index contributed by atoms with van der Waals surface area (Å²) in [5.41, 5.74) is 8.68. The van der Waals surface area contributed by atoms with Crippen LogP contribution in [0.25, 0.3) is 22.8 Å². The Labute approximate surface area is 487 Å². The van der Waals surface area contributed by atoms with Gasteiger partial charge in [-0.3, -0.25) is 29.0 Å². The average Bonchev–Trinajstić information content (AvgIpc) is 3.03. The molecule has 0 bridgehead atoms. The summed E-state index contributed by atoms with van der Waals surface area (Å²) in [4.78, 5) is 71.1. The minimum Gasteiger partial charge on any atom is -0.321 e. The molecule has 2 aliphatic rings. The quantitative estimate of drug-likeness (QED) is 0.0472. The number of aldehydes is 1. The zero-order valence-corrected chi connectivity index (χ0v) is 47.7. The highest BCUT2D eigenvalue weighted by Gasteiger charge is 2.41. The normalized spacial score (nSPS) is 14.5. The fraction of sp³-hybridized carbons (Fsp3) is 0.297. The number of benzene rings is 6. The van der Waals surface area contributed by atoms with Crippen molar-refractivity contribution in [2.75, 3.05) is 19.9 Å². The number of hydrogen-bond acceptors (Lipinski definition) is 11. The smallest absolute Gasteiger partial charge is 0.261 e. The highest BCUT2D eigenvalue weighted by atomic mass is 19.1. The maximum absolute atomic E-state index is 14.7. The second-order valence-electron chi connectivity index (χ2n) is 22.6. The van der Waals surface area contributed by atoms with Gasteiger partial charge in [0.25, 0.3) is 23.6 Å². The summed E-state index contributed by atoms with van der Waals surface area (Å²) >= 11 is 0. The van der Waals surface area contributed by atoms with Crippen molar-refractivity contribution in [1.29, 1.82) is 0 Å². The number of rotatable bonds is 18. The second-order valence-corrected chi connectivity index (χ2v) is 22.6. The molecule has 8 aromatic rings. The van der Waals surface area contributed by atoms with Crippen LogP contribution in [-0.4, -0.2) is 101 Å². The van der Waals surface area contributed by atoms with Crippen molar-refractivity contribution in [3.05, 3.63) is 214 Å². The molecule has 10 rings (SSSR count). The van der Waals surface area contributed by atoms with Gasteiger partial charge in [-0.2, -0.15) is 10.2 Å². The minimum absolute atomic E-state index is 0.0270. The fourth-order valence-electron chi connectivity index (χ4n) is 9.73. The summed E-state index contributed by atoms with van der Waals surface area (Å²) < 4.78 is 86.9. The van der Waals surface area contributed by atoms with E-state index in [1.54, 1.807) is 45.8 Å². The zero-order valence-electron chi connectivity index (χ0n) is 47.7. The third-order valence-electron chi connectivity index (χ3n) is 14.4. The number of aromatic nitrogens is 6. The van der Waals surface area contributed by atoms with Crippen molar-refractivity contribution in [3.63, 3.8) is 0 Å². The molecule has 0 saturated carbocycles. The highest BCUT2D eigenvalue weighted by molar-refractivity contribution is 6.22. The van der Waals surface area contributed by atoms with E-state index >= 15 is 0 Å². The second kappa shape index (κ2) is 26.7. The van der Waals surface area contributed by atoms with Gasteiger partial charge in [0, 0.05) is 6.42 Å². The molecule has 2 aromatic heterocycles. The van der Waals surface area contributed by atoms with Crippen molar-refractivity contribution in [2.24, 2.45) is 16.6 Å². The number of nitrogens with zero attached hydrogens (tertiary/aromatic N) is 8. The lowest BCUT2D eigenvalue weighted by Gasteiger charge is -2.32. The number of imide groups is 2. The van der Waals surface area contributed by atoms with Crippen molar-refractivity contribution in [1.82, 2.24) is 44.6 Å². The first kappa shape index (κ1) is 62.1. The molecule has 0 aliphatic carbocycles. The molecule has 6 aromatic carbocycles. The summed E-state index contributed by atoms with van der Waals surface area (Å²) in [5.74, 6) is -3.23. The van der Waals surface area contributed by atoms with Crippen molar-refractivity contribution in [3.8, 4) is 22.8 Å². The van der Waals surface area contributed by atoms with Crippen LogP contribution in [0.4, 0.5) is 26.3 Å². The molecule has 4 amide bonds. The number of halogens is 6. The third-order valence-corrected chi connectivity index (χ3v) is 14.4. The first-order chi connectivity index (χ1) is 40.5. The summed E-state index contributed by atoms with van der Waals surface area (Å²) in [5, 5.41) is 12.4. The Morgan fingerprint density at radius 3 is 1.29 bits per heavy atom. The number of hydrogen-bond donors (Lipinski definition) is 2. The first-order valence-corrected chi connectivity index (χ1v) is 27.4. The summed E-state index contributed by atoms with van der Waals surface area (Å²) in [6.07, 6.45) is 0.489. The Bertz CT molecular complexity index is 3630. The van der Waals surface area contributed by atoms with E-state index < -0.39 is 89.8 Å². The van der Waals surface area contributed by atoms with E-state index in [-0.39, 0.29) is 69.8 Å². The Hall–Kier alpha value is -8.95. The van der Waals surface area contributed by atoms with Gasteiger partial charge >= 0.3 is 0 Å². The zero-order chi connectivity index (χ0) is 61.3. The van der Waals surface area contributed by atoms with Crippen molar-refractivity contribution >= 4 is 29.9 Å². The number of fused-ring (bicyclic) bond motifs is 2. The molecule has 3 N–H and O–H groups in total. The number of alkyl halides is 2. The summed E-state index contributed by atoms with van der Waals surface area (Å²) in [7, 11) is 0. The molecule has 0 unspecified atom stereocenters. The number of nitrogens with two attached hydrogens (primary N) is 1. The van der Waals surface area contributed by atoms with E-state index in [1.807, 2.05) is 102 Å². The lowest BCUT2D eigenvalue weighted by atomic mass is 9.86. The molecule has 442 valence electrons. The Morgan fingerprint density at radius 2 is 0.906 bits per heavy atom. The highest BCUT2D eigenvalue weighted by Crippen LogP contribution is 2.36. The lowest BCUT2D eigenvalue weighted by molar-refractivity contribution is -0.108. The maximum atomic E-state index is 14.7. The number of carbonyl (C=O) groups excluding carboxylic acids is 5. The molecule has 2 aliphatic heterocycles. The van der Waals surface area contributed by atoms with Gasteiger partial charge in [0.2, 0.25) is 0 Å². The average molecular weight is 1170 g/mol. The first-order valence-electron chi connectivity index (χ1n) is 27.4. The van der Waals surface area contributed by atoms with Crippen LogP contribution >= 0.6 is 0 Å². The lowest BCUT2D eigenvalue weighted by Crippen LogP contribution is -2.44. The van der Waals surface area contributed by atoms with E-state index in [0.717, 1.165) is 57.3 Å². The fourth-order valence-corrected chi connectivity index (χ4v) is 9.73. The van der Waals surface area contributed by atoms with Crippen LogP contribution in [0, 0.1) is 34.1 Å². The van der Waals surface area contributed by atoms with Crippen molar-refractivity contribution in [2.45, 2.75) is 91.6 Å². The van der Waals surface area contributed by atoms with Crippen LogP contribution in [-0.2, 0) is 17.9 Å². The monoisotopic (exact) mass is 1170 g/mol. The van der Waals surface area contributed by atoms with E-state index in [0.29, 0.717) is 31.0 Å². The van der Waals surface area contributed by atoms with Crippen molar-refractivity contribution < 1.29 is 50.3 Å². The third kappa shape index (κ3) is 14.2. The van der Waals surface area contributed by atoms with Crippen LogP contribution in [0.2, 0.25) is 0 Å². The number of amides is 4. The molecular weight excluding hydrogens is 1100 g/mol. The van der Waals surface area contributed by atoms with Gasteiger partial charge < -0.3 is 15.8 Å². The summed E-state index contributed by atoms with van der Waals surface area (Å²) in [6, 6.07) is 35.6. The van der Waals surface area contributed by atoms with Gasteiger partial charge in [-0.25, -0.2) is 45.7 Å². The Kier molecular flexibility index (Phi) is 19.5. The predicted molar refractivity (Wildman–Crippen MR) is 307 cm³/mol. The molecule has 85 heavy (non-hydrogen) atoms. The summed E-state index contributed by atoms with van der Waals surface area (Å²) in [6.45, 7) is 11.2. The van der Waals surface area contributed by atoms with Gasteiger partial charge in [0.1, 0.15) is 54.6 Å². The molecule has 4 atom stereocenters. The molecule has 0 saturated heterocycles. The van der Waals surface area contributed by atoms with Gasteiger partial charge in [0.05, 0.1) is 70.6 Å². The number of carbonyl (C=O) groups is 5. The van der Waals surface area contributed by atoms with Gasteiger partial charge in [-0.15, -0.1) is 0 Å². The van der Waals surface area contributed by atoms with E-state index in [1.165, 1.54) is 12.1 Å². The van der Waals surface area contributed by atoms with E-state index in [9.17, 15) is 50.3 Å². The molecule has 21 heteroatoms. The predicted octanol–water partition coefficient (Wildman–Crippen LogP) is 11.5. The Morgan fingerprint density at radius 1 is 0.518 bits per heavy atom. The molecule has 0 spiro atoms. The van der Waals surface area contributed by atoms with Gasteiger partial charge in [0.15, 0.2) is 11.6 Å². The van der Waals surface area contributed by atoms with Crippen LogP contribution in [0.5, 0.6) is 0 Å². The molecular formula is C64H64F6N10O5. The van der Waals surface area contributed by atoms with Crippen LogP contribution < -0.4 is 11.1 Å². The molecule has 0 fully saturated rings. The van der Waals surface area contributed by atoms with Gasteiger partial charge in [-0.05, 0) is 95.6 Å². The standard InChI is InChI=1S/C32H32F3N5O2.C20H22F2N4.C12H10FNO3/c1-32(2,3)27(36-16-15-22(18-33)40-30(41)23-11-7-8-12-24(23)31(40)42)29-37-28(25-17-21(34)13-14-26(25)35)38-39(29)19-20-9-5-4-6-10-20;1-20(2,3)17(23)19-24-18(15-11-14(21)9-10-16(15)22)25-26(19)12-13-7-5-4-6-8-13;13-7-8(5-6-15)14-11(16)9-3-1-2-4-10(9)12(14)17/h4-14,17,22,27,36H,15-16,18-19H2,1-3H3;4-11,17H,12,23H2,1-3H3;1-4,6,8H,5,7H2/t22-,27-;17-;8-/m000/s1. The maximum Gasteiger partial charge on any atom is 0.261 e. The number of nitrogens with one attached hydrogen (secondary N) is 1. The molecule has 0 radical (unpaired) electrons.